The molecule has 0 spiro atoms. The lowest BCUT2D eigenvalue weighted by molar-refractivity contribution is -0.141. The number of aliphatic hydroxyl groups excluding tert-OH is 1. The maximum Gasteiger partial charge on any atom is 0.323 e. The van der Waals surface area contributed by atoms with Crippen molar-refractivity contribution < 1.29 is 24.9 Å². The van der Waals surface area contributed by atoms with Gasteiger partial charge in [-0.3, -0.25) is 9.59 Å². The molecule has 1 unspecified atom stereocenters. The summed E-state index contributed by atoms with van der Waals surface area (Å²) < 4.78 is 0. The predicted octanol–water partition coefficient (Wildman–Crippen LogP) is -0.632. The summed E-state index contributed by atoms with van der Waals surface area (Å²) in [5, 5.41) is 24.8. The number of carboxylic acids is 2. The van der Waals surface area contributed by atoms with Gasteiger partial charge < -0.3 is 26.8 Å². The van der Waals surface area contributed by atoms with Crippen LogP contribution in [-0.4, -0.2) is 45.4 Å². The Bertz CT molecular complexity index is 233. The number of carboxylic acid groups (broad SMARTS) is 2. The Kier molecular flexibility index (Phi) is 10.7. The van der Waals surface area contributed by atoms with E-state index in [1.165, 1.54) is 6.92 Å². The lowest BCUT2D eigenvalue weighted by Gasteiger charge is -2.06. The second-order valence-corrected chi connectivity index (χ2v) is 3.69. The molecule has 0 aromatic carbocycles. The number of aliphatic hydroxyl groups is 1. The van der Waals surface area contributed by atoms with Crippen LogP contribution in [0.5, 0.6) is 0 Å². The minimum Gasteiger partial charge on any atom is -0.480 e. The highest BCUT2D eigenvalue weighted by Gasteiger charge is 2.16. The third-order valence-electron chi connectivity index (χ3n) is 1.99. The fourth-order valence-corrected chi connectivity index (χ4v) is 0.754. The van der Waals surface area contributed by atoms with Crippen LogP contribution in [0.4, 0.5) is 0 Å². The van der Waals surface area contributed by atoms with Gasteiger partial charge in [-0.15, -0.1) is 0 Å². The monoisotopic (exact) mass is 250 g/mol. The van der Waals surface area contributed by atoms with Gasteiger partial charge in [0.1, 0.15) is 12.1 Å². The van der Waals surface area contributed by atoms with Crippen LogP contribution in [-0.2, 0) is 9.59 Å². The van der Waals surface area contributed by atoms with Crippen molar-refractivity contribution in [2.24, 2.45) is 11.5 Å². The van der Waals surface area contributed by atoms with E-state index in [1.54, 1.807) is 0 Å². The summed E-state index contributed by atoms with van der Waals surface area (Å²) in [5.74, 6) is -2.08. The fourth-order valence-electron chi connectivity index (χ4n) is 0.754. The van der Waals surface area contributed by atoms with Crippen LogP contribution >= 0.6 is 0 Å². The second-order valence-electron chi connectivity index (χ2n) is 3.69. The Balaban J connectivity index is 0. The van der Waals surface area contributed by atoms with Crippen molar-refractivity contribution in [3.05, 3.63) is 0 Å². The minimum atomic E-state index is -1.18. The smallest absolute Gasteiger partial charge is 0.323 e. The molecule has 0 heterocycles. The maximum absolute atomic E-state index is 10.1. The van der Waals surface area contributed by atoms with E-state index in [2.05, 4.69) is 0 Å². The molecule has 7 heteroatoms. The van der Waals surface area contributed by atoms with Crippen molar-refractivity contribution in [1.82, 2.24) is 0 Å². The molecule has 0 bridgehead atoms. The standard InChI is InChI=1S/C6H13NO2.C4H9NO3/c1-2-3-4-5(7)6(8)9;1-2(6)3(5)4(7)8/h5H,2-4,7H2,1H3,(H,8,9);2-3,6H,5H2,1H3,(H,7,8)/t5-;2?,3-/m01/s1. The SMILES string of the molecule is CC(O)[C@@H](N)C(=O)O.CCCC[C@H](N)C(=O)O. The van der Waals surface area contributed by atoms with Gasteiger partial charge >= 0.3 is 11.9 Å². The van der Waals surface area contributed by atoms with Crippen LogP contribution in [0.2, 0.25) is 0 Å². The van der Waals surface area contributed by atoms with Gasteiger partial charge in [0.05, 0.1) is 6.10 Å². The van der Waals surface area contributed by atoms with Gasteiger partial charge in [0.2, 0.25) is 0 Å². The third kappa shape index (κ3) is 11.1. The quantitative estimate of drug-likeness (QED) is 0.421. The maximum atomic E-state index is 10.1. The molecule has 0 aliphatic carbocycles. The van der Waals surface area contributed by atoms with Crippen LogP contribution < -0.4 is 11.5 Å². The van der Waals surface area contributed by atoms with E-state index in [0.29, 0.717) is 6.42 Å². The average molecular weight is 250 g/mol. The zero-order valence-corrected chi connectivity index (χ0v) is 10.2. The highest BCUT2D eigenvalue weighted by Crippen LogP contribution is 1.96. The Morgan fingerprint density at radius 1 is 1.18 bits per heavy atom. The number of unbranched alkanes of at least 4 members (excludes halogenated alkanes) is 1. The molecule has 0 aromatic rings. The lowest BCUT2D eigenvalue weighted by atomic mass is 10.1. The molecule has 17 heavy (non-hydrogen) atoms. The Morgan fingerprint density at radius 2 is 1.65 bits per heavy atom. The van der Waals surface area contributed by atoms with Crippen LogP contribution in [0.25, 0.3) is 0 Å². The normalized spacial score (nSPS) is 15.1. The van der Waals surface area contributed by atoms with Gasteiger partial charge in [-0.2, -0.15) is 0 Å². The third-order valence-corrected chi connectivity index (χ3v) is 1.99. The van der Waals surface area contributed by atoms with Crippen LogP contribution in [0.1, 0.15) is 33.1 Å². The van der Waals surface area contributed by atoms with E-state index in [-0.39, 0.29) is 0 Å². The topological polar surface area (TPSA) is 147 Å². The highest BCUT2D eigenvalue weighted by atomic mass is 16.4. The Hall–Kier alpha value is -1.18. The predicted molar refractivity (Wildman–Crippen MR) is 62.4 cm³/mol. The fraction of sp³-hybridized carbons (Fsp3) is 0.800. The first-order chi connectivity index (χ1) is 7.73. The van der Waals surface area contributed by atoms with E-state index in [9.17, 15) is 9.59 Å². The first-order valence-electron chi connectivity index (χ1n) is 5.38. The second kappa shape index (κ2) is 10.0. The summed E-state index contributed by atoms with van der Waals surface area (Å²) in [6.45, 7) is 3.34. The Morgan fingerprint density at radius 3 is 1.82 bits per heavy atom. The molecule has 0 aliphatic rings. The largest absolute Gasteiger partial charge is 0.480 e. The van der Waals surface area contributed by atoms with Crippen LogP contribution in [0.3, 0.4) is 0 Å². The van der Waals surface area contributed by atoms with Crippen LogP contribution in [0, 0.1) is 0 Å². The van der Waals surface area contributed by atoms with Gasteiger partial charge in [0.25, 0.3) is 0 Å². The molecule has 7 nitrogen and oxygen atoms in total. The van der Waals surface area contributed by atoms with Crippen molar-refractivity contribution >= 4 is 11.9 Å². The zero-order chi connectivity index (χ0) is 14.0. The lowest BCUT2D eigenvalue weighted by Crippen LogP contribution is -2.39. The summed E-state index contributed by atoms with van der Waals surface area (Å²) in [6.07, 6.45) is 1.51. The molecule has 0 amide bonds. The van der Waals surface area contributed by atoms with Gasteiger partial charge in [0.15, 0.2) is 0 Å². The van der Waals surface area contributed by atoms with Crippen molar-refractivity contribution in [2.75, 3.05) is 0 Å². The zero-order valence-electron chi connectivity index (χ0n) is 10.2. The number of aliphatic carboxylic acids is 2. The summed E-state index contributed by atoms with van der Waals surface area (Å²) in [6, 6.07) is -1.82. The van der Waals surface area contributed by atoms with Crippen molar-refractivity contribution in [1.29, 1.82) is 0 Å². The average Bonchev–Trinajstić information content (AvgIpc) is 2.25. The molecule has 0 saturated heterocycles. The summed E-state index contributed by atoms with van der Waals surface area (Å²) in [4.78, 5) is 19.9. The van der Waals surface area contributed by atoms with Crippen molar-refractivity contribution in [2.45, 2.75) is 51.3 Å². The van der Waals surface area contributed by atoms with Crippen LogP contribution in [0.15, 0.2) is 0 Å². The first-order valence-corrected chi connectivity index (χ1v) is 5.38. The molecule has 0 aliphatic heterocycles. The van der Waals surface area contributed by atoms with E-state index < -0.39 is 30.1 Å². The molecular formula is C10H22N2O5. The molecule has 0 radical (unpaired) electrons. The summed E-state index contributed by atoms with van der Waals surface area (Å²) in [5.41, 5.74) is 10.1. The Labute approximate surface area is 100 Å². The van der Waals surface area contributed by atoms with E-state index in [4.69, 9.17) is 26.8 Å². The van der Waals surface area contributed by atoms with E-state index in [0.717, 1.165) is 12.8 Å². The minimum absolute atomic E-state index is 0.589. The molecule has 0 aromatic heterocycles. The molecular weight excluding hydrogens is 228 g/mol. The number of hydrogen-bond donors (Lipinski definition) is 5. The van der Waals surface area contributed by atoms with Gasteiger partial charge in [0, 0.05) is 0 Å². The molecule has 0 fully saturated rings. The molecule has 102 valence electrons. The highest BCUT2D eigenvalue weighted by molar-refractivity contribution is 5.73. The number of rotatable bonds is 6. The van der Waals surface area contributed by atoms with Crippen molar-refractivity contribution in [3.63, 3.8) is 0 Å². The molecule has 0 rings (SSSR count). The van der Waals surface area contributed by atoms with E-state index >= 15 is 0 Å². The summed E-state index contributed by atoms with van der Waals surface area (Å²) >= 11 is 0. The van der Waals surface area contributed by atoms with Crippen molar-refractivity contribution in [3.8, 4) is 0 Å². The molecule has 3 atom stereocenters. The van der Waals surface area contributed by atoms with Gasteiger partial charge in [-0.05, 0) is 13.3 Å². The van der Waals surface area contributed by atoms with Gasteiger partial charge in [-0.25, -0.2) is 0 Å². The first kappa shape index (κ1) is 18.2. The summed E-state index contributed by atoms with van der Waals surface area (Å²) in [7, 11) is 0. The van der Waals surface area contributed by atoms with Gasteiger partial charge in [-0.1, -0.05) is 19.8 Å². The number of hydrogen-bond acceptors (Lipinski definition) is 5. The number of carbonyl (C=O) groups is 2. The number of nitrogens with two attached hydrogens (primary N) is 2. The molecule has 0 saturated carbocycles. The van der Waals surface area contributed by atoms with E-state index in [1.807, 2.05) is 6.92 Å². The molecule has 7 N–H and O–H groups in total.